The predicted molar refractivity (Wildman–Crippen MR) is 106 cm³/mol. The Bertz CT molecular complexity index is 840. The molecule has 2 rings (SSSR count). The first kappa shape index (κ1) is 20.2. The van der Waals surface area contributed by atoms with Crippen LogP contribution in [-0.4, -0.2) is 31.5 Å². The summed E-state index contributed by atoms with van der Waals surface area (Å²) in [6.07, 6.45) is 0.0394. The van der Waals surface area contributed by atoms with Gasteiger partial charge in [0.25, 0.3) is 0 Å². The molecule has 0 aliphatic rings. The van der Waals surface area contributed by atoms with E-state index in [0.29, 0.717) is 17.1 Å². The molecule has 8 nitrogen and oxygen atoms in total. The van der Waals surface area contributed by atoms with Crippen molar-refractivity contribution in [2.75, 3.05) is 24.3 Å². The molecular weight excluding hydrogens is 416 g/mol. The maximum Gasteiger partial charge on any atom is 0.319 e. The normalized spacial score (nSPS) is 10.0. The smallest absolute Gasteiger partial charge is 0.319 e. The molecule has 0 aliphatic heterocycles. The average Bonchev–Trinajstić information content (AvgIpc) is 2.63. The molecule has 0 heterocycles. The van der Waals surface area contributed by atoms with Gasteiger partial charge in [0.05, 0.1) is 12.8 Å². The van der Waals surface area contributed by atoms with Crippen LogP contribution in [0.4, 0.5) is 16.2 Å². The lowest BCUT2D eigenvalue weighted by atomic mass is 10.1. The fourth-order valence-electron chi connectivity index (χ4n) is 2.17. The summed E-state index contributed by atoms with van der Waals surface area (Å²) in [7, 11) is 1.45. The highest BCUT2D eigenvalue weighted by Crippen LogP contribution is 2.25. The minimum Gasteiger partial charge on any atom is -0.495 e. The Morgan fingerprint density at radius 3 is 2.41 bits per heavy atom. The molecule has 0 saturated carbocycles. The van der Waals surface area contributed by atoms with Gasteiger partial charge >= 0.3 is 6.03 Å². The Labute approximate surface area is 164 Å². The first-order valence-electron chi connectivity index (χ1n) is 7.97. The minimum atomic E-state index is -0.612. The van der Waals surface area contributed by atoms with E-state index in [1.54, 1.807) is 30.3 Å². The van der Waals surface area contributed by atoms with E-state index in [2.05, 4.69) is 31.9 Å². The van der Waals surface area contributed by atoms with Crippen molar-refractivity contribution in [2.45, 2.75) is 6.42 Å². The number of nitrogens with two attached hydrogens (primary N) is 1. The SMILES string of the molecule is COc1ccc(C(N)=O)cc1NC(=O)CCNC(=O)Nc1ccc(Br)cc1. The number of benzene rings is 2. The Kier molecular flexibility index (Phi) is 7.18. The van der Waals surface area contributed by atoms with Crippen LogP contribution >= 0.6 is 15.9 Å². The maximum atomic E-state index is 12.1. The van der Waals surface area contributed by atoms with Gasteiger partial charge in [-0.1, -0.05) is 15.9 Å². The molecule has 0 aliphatic carbocycles. The number of methoxy groups -OCH3 is 1. The molecule has 0 radical (unpaired) electrons. The quantitative estimate of drug-likeness (QED) is 0.534. The van der Waals surface area contributed by atoms with Gasteiger partial charge in [-0.05, 0) is 42.5 Å². The Hall–Kier alpha value is -3.07. The number of rotatable bonds is 7. The summed E-state index contributed by atoms with van der Waals surface area (Å²) in [4.78, 5) is 35.2. The molecule has 0 bridgehead atoms. The summed E-state index contributed by atoms with van der Waals surface area (Å²) >= 11 is 3.31. The van der Waals surface area contributed by atoms with E-state index in [4.69, 9.17) is 10.5 Å². The van der Waals surface area contributed by atoms with Crippen LogP contribution in [0.25, 0.3) is 0 Å². The van der Waals surface area contributed by atoms with E-state index < -0.39 is 11.9 Å². The van der Waals surface area contributed by atoms with Crippen LogP contribution in [0.2, 0.25) is 0 Å². The second-order valence-electron chi connectivity index (χ2n) is 5.47. The summed E-state index contributed by atoms with van der Waals surface area (Å²) < 4.78 is 6.05. The van der Waals surface area contributed by atoms with Gasteiger partial charge in [-0.3, -0.25) is 9.59 Å². The van der Waals surface area contributed by atoms with E-state index in [1.165, 1.54) is 19.2 Å². The van der Waals surface area contributed by atoms with E-state index in [1.807, 2.05) is 0 Å². The summed E-state index contributed by atoms with van der Waals surface area (Å²) in [5.41, 5.74) is 6.45. The molecular formula is C18H19BrN4O4. The van der Waals surface area contributed by atoms with Gasteiger partial charge in [0.2, 0.25) is 11.8 Å². The molecule has 0 atom stereocenters. The molecule has 2 aromatic carbocycles. The molecule has 0 spiro atoms. The van der Waals surface area contributed by atoms with E-state index in [-0.39, 0.29) is 24.4 Å². The second-order valence-corrected chi connectivity index (χ2v) is 6.38. The Balaban J connectivity index is 1.84. The largest absolute Gasteiger partial charge is 0.495 e. The van der Waals surface area contributed by atoms with E-state index in [9.17, 15) is 14.4 Å². The number of primary amides is 1. The first-order valence-corrected chi connectivity index (χ1v) is 8.76. The maximum absolute atomic E-state index is 12.1. The highest BCUT2D eigenvalue weighted by Gasteiger charge is 2.11. The summed E-state index contributed by atoms with van der Waals surface area (Å²) in [6.45, 7) is 0.131. The number of hydrogen-bond acceptors (Lipinski definition) is 4. The Morgan fingerprint density at radius 1 is 1.07 bits per heavy atom. The van der Waals surface area contributed by atoms with Gasteiger partial charge in [0.15, 0.2) is 0 Å². The lowest BCUT2D eigenvalue weighted by Gasteiger charge is -2.12. The topological polar surface area (TPSA) is 123 Å². The third-order valence-corrected chi connectivity index (χ3v) is 4.03. The highest BCUT2D eigenvalue weighted by molar-refractivity contribution is 9.10. The van der Waals surface area contributed by atoms with Crippen LogP contribution < -0.4 is 26.4 Å². The van der Waals surface area contributed by atoms with Gasteiger partial charge in [0, 0.05) is 28.7 Å². The van der Waals surface area contributed by atoms with Crippen LogP contribution in [0.3, 0.4) is 0 Å². The molecule has 5 N–H and O–H groups in total. The van der Waals surface area contributed by atoms with Crippen molar-refractivity contribution in [3.8, 4) is 5.75 Å². The second kappa shape index (κ2) is 9.58. The van der Waals surface area contributed by atoms with Crippen LogP contribution in [-0.2, 0) is 4.79 Å². The van der Waals surface area contributed by atoms with Crippen molar-refractivity contribution in [2.24, 2.45) is 5.73 Å². The van der Waals surface area contributed by atoms with Crippen LogP contribution in [0.1, 0.15) is 16.8 Å². The van der Waals surface area contributed by atoms with E-state index >= 15 is 0 Å². The zero-order chi connectivity index (χ0) is 19.8. The number of amides is 4. The molecule has 27 heavy (non-hydrogen) atoms. The van der Waals surface area contributed by atoms with Crippen molar-refractivity contribution >= 4 is 45.2 Å². The van der Waals surface area contributed by atoms with Crippen LogP contribution in [0, 0.1) is 0 Å². The third kappa shape index (κ3) is 6.30. The predicted octanol–water partition coefficient (Wildman–Crippen LogP) is 2.71. The average molecular weight is 435 g/mol. The van der Waals surface area contributed by atoms with Crippen molar-refractivity contribution in [3.05, 3.63) is 52.5 Å². The monoisotopic (exact) mass is 434 g/mol. The van der Waals surface area contributed by atoms with Crippen molar-refractivity contribution in [1.82, 2.24) is 5.32 Å². The fraction of sp³-hybridized carbons (Fsp3) is 0.167. The summed E-state index contributed by atoms with van der Waals surface area (Å²) in [5, 5.41) is 7.89. The molecule has 142 valence electrons. The molecule has 2 aromatic rings. The van der Waals surface area contributed by atoms with Gasteiger partial charge < -0.3 is 26.4 Å². The molecule has 0 aromatic heterocycles. The van der Waals surface area contributed by atoms with Crippen molar-refractivity contribution in [1.29, 1.82) is 0 Å². The highest BCUT2D eigenvalue weighted by atomic mass is 79.9. The molecule has 0 saturated heterocycles. The summed E-state index contributed by atoms with van der Waals surface area (Å²) in [5.74, 6) is -0.562. The van der Waals surface area contributed by atoms with Crippen molar-refractivity contribution < 1.29 is 19.1 Å². The number of urea groups is 1. The fourth-order valence-corrected chi connectivity index (χ4v) is 2.43. The molecule has 0 fully saturated rings. The van der Waals surface area contributed by atoms with E-state index in [0.717, 1.165) is 4.47 Å². The van der Waals surface area contributed by atoms with Crippen LogP contribution in [0.15, 0.2) is 46.9 Å². The lowest BCUT2D eigenvalue weighted by Crippen LogP contribution is -2.31. The zero-order valence-corrected chi connectivity index (χ0v) is 16.1. The minimum absolute atomic E-state index is 0.0394. The number of nitrogens with one attached hydrogen (secondary N) is 3. The van der Waals surface area contributed by atoms with Gasteiger partial charge in [-0.2, -0.15) is 0 Å². The first-order chi connectivity index (χ1) is 12.9. The van der Waals surface area contributed by atoms with Gasteiger partial charge in [-0.25, -0.2) is 4.79 Å². The number of anilines is 2. The van der Waals surface area contributed by atoms with Crippen molar-refractivity contribution in [3.63, 3.8) is 0 Å². The molecule has 4 amide bonds. The lowest BCUT2D eigenvalue weighted by molar-refractivity contribution is -0.116. The van der Waals surface area contributed by atoms with Gasteiger partial charge in [-0.15, -0.1) is 0 Å². The summed E-state index contributed by atoms with van der Waals surface area (Å²) in [6, 6.07) is 11.2. The number of hydrogen-bond donors (Lipinski definition) is 4. The van der Waals surface area contributed by atoms with Gasteiger partial charge in [0.1, 0.15) is 5.75 Å². The number of carbonyl (C=O) groups is 3. The number of ether oxygens (including phenoxy) is 1. The third-order valence-electron chi connectivity index (χ3n) is 3.50. The zero-order valence-electron chi connectivity index (χ0n) is 14.5. The standard InChI is InChI=1S/C18H19BrN4O4/c1-27-15-7-2-11(17(20)25)10-14(15)23-16(24)8-9-21-18(26)22-13-5-3-12(19)4-6-13/h2-7,10H,8-9H2,1H3,(H2,20,25)(H,23,24)(H2,21,22,26). The van der Waals surface area contributed by atoms with Crippen LogP contribution in [0.5, 0.6) is 5.75 Å². The Morgan fingerprint density at radius 2 is 1.78 bits per heavy atom. The number of halogens is 1. The molecule has 9 heteroatoms. The molecule has 0 unspecified atom stereocenters. The number of carbonyl (C=O) groups excluding carboxylic acids is 3.